The van der Waals surface area contributed by atoms with Crippen LogP contribution >= 0.6 is 0 Å². The lowest BCUT2D eigenvalue weighted by molar-refractivity contribution is 0.112. The second kappa shape index (κ2) is 2.74. The van der Waals surface area contributed by atoms with Crippen LogP contribution in [0, 0.1) is 0 Å². The van der Waals surface area contributed by atoms with Crippen LogP contribution in [0.2, 0.25) is 0 Å². The van der Waals surface area contributed by atoms with Gasteiger partial charge in [0.15, 0.2) is 0 Å². The third-order valence-corrected chi connectivity index (χ3v) is 2.74. The van der Waals surface area contributed by atoms with Crippen LogP contribution in [0.5, 0.6) is 5.75 Å². The normalized spacial score (nSPS) is 23.8. The van der Waals surface area contributed by atoms with Crippen LogP contribution in [0.4, 0.5) is 0 Å². The van der Waals surface area contributed by atoms with Crippen LogP contribution in [0.1, 0.15) is 25.3 Å². The van der Waals surface area contributed by atoms with Crippen LogP contribution in [-0.2, 0) is 0 Å². The molecule has 0 amide bonds. The summed E-state index contributed by atoms with van der Waals surface area (Å²) in [4.78, 5) is 0. The number of rotatable bonds is 1. The summed E-state index contributed by atoms with van der Waals surface area (Å²) in [6.07, 6.45) is 0. The number of hydrogen-bond acceptors (Lipinski definition) is 2. The van der Waals surface area contributed by atoms with E-state index in [2.05, 4.69) is 19.9 Å². The number of fused-ring (bicyclic) bond motifs is 1. The van der Waals surface area contributed by atoms with E-state index in [1.165, 1.54) is 5.56 Å². The van der Waals surface area contributed by atoms with Crippen molar-refractivity contribution in [2.24, 2.45) is 5.73 Å². The second-order valence-electron chi connectivity index (χ2n) is 4.03. The van der Waals surface area contributed by atoms with Crippen molar-refractivity contribution in [3.05, 3.63) is 29.8 Å². The first-order valence-electron chi connectivity index (χ1n) is 4.63. The minimum absolute atomic E-state index is 0.154. The smallest absolute Gasteiger partial charge is 0.123 e. The highest BCUT2D eigenvalue weighted by molar-refractivity contribution is 5.42. The van der Waals surface area contributed by atoms with Gasteiger partial charge in [0.05, 0.1) is 0 Å². The minimum atomic E-state index is -0.154. The van der Waals surface area contributed by atoms with Gasteiger partial charge in [0, 0.05) is 18.0 Å². The fourth-order valence-electron chi connectivity index (χ4n) is 2.00. The summed E-state index contributed by atoms with van der Waals surface area (Å²) >= 11 is 0. The Morgan fingerprint density at radius 1 is 1.38 bits per heavy atom. The third-order valence-electron chi connectivity index (χ3n) is 2.74. The average Bonchev–Trinajstić information content (AvgIpc) is 2.33. The lowest BCUT2D eigenvalue weighted by Crippen LogP contribution is -2.34. The first-order valence-corrected chi connectivity index (χ1v) is 4.63. The van der Waals surface area contributed by atoms with Gasteiger partial charge in [0.25, 0.3) is 0 Å². The van der Waals surface area contributed by atoms with Gasteiger partial charge in [-0.15, -0.1) is 0 Å². The van der Waals surface area contributed by atoms with Gasteiger partial charge in [-0.3, -0.25) is 0 Å². The SMILES string of the molecule is CC1(C)Oc2ccccc2C1CN. The molecule has 0 saturated carbocycles. The van der Waals surface area contributed by atoms with Gasteiger partial charge in [0.2, 0.25) is 0 Å². The topological polar surface area (TPSA) is 35.2 Å². The maximum Gasteiger partial charge on any atom is 0.123 e. The predicted molar refractivity (Wildman–Crippen MR) is 52.9 cm³/mol. The molecule has 1 aromatic carbocycles. The third kappa shape index (κ3) is 1.22. The molecule has 1 unspecified atom stereocenters. The number of hydrogen-bond donors (Lipinski definition) is 1. The molecular weight excluding hydrogens is 162 g/mol. The summed E-state index contributed by atoms with van der Waals surface area (Å²) in [5, 5.41) is 0. The number of benzene rings is 1. The molecule has 0 radical (unpaired) electrons. The van der Waals surface area contributed by atoms with Crippen LogP contribution in [0.15, 0.2) is 24.3 Å². The first kappa shape index (κ1) is 8.57. The van der Waals surface area contributed by atoms with Crippen LogP contribution < -0.4 is 10.5 Å². The van der Waals surface area contributed by atoms with Gasteiger partial charge >= 0.3 is 0 Å². The van der Waals surface area contributed by atoms with Crippen LogP contribution in [0.3, 0.4) is 0 Å². The van der Waals surface area contributed by atoms with Crippen LogP contribution in [-0.4, -0.2) is 12.1 Å². The fourth-order valence-corrected chi connectivity index (χ4v) is 2.00. The molecule has 0 bridgehead atoms. The molecule has 13 heavy (non-hydrogen) atoms. The quantitative estimate of drug-likeness (QED) is 0.711. The summed E-state index contributed by atoms with van der Waals surface area (Å²) < 4.78 is 5.82. The molecule has 0 aromatic heterocycles. The lowest BCUT2D eigenvalue weighted by Gasteiger charge is -2.25. The zero-order valence-electron chi connectivity index (χ0n) is 8.08. The Labute approximate surface area is 78.7 Å². The molecular formula is C11H15NO. The van der Waals surface area contributed by atoms with E-state index >= 15 is 0 Å². The van der Waals surface area contributed by atoms with Gasteiger partial charge in [-0.2, -0.15) is 0 Å². The Morgan fingerprint density at radius 3 is 2.77 bits per heavy atom. The largest absolute Gasteiger partial charge is 0.487 e. The molecule has 2 nitrogen and oxygen atoms in total. The van der Waals surface area contributed by atoms with Crippen molar-refractivity contribution in [2.75, 3.05) is 6.54 Å². The minimum Gasteiger partial charge on any atom is -0.487 e. The summed E-state index contributed by atoms with van der Waals surface area (Å²) in [5.41, 5.74) is 6.84. The van der Waals surface area contributed by atoms with Crippen molar-refractivity contribution >= 4 is 0 Å². The van der Waals surface area contributed by atoms with Crippen molar-refractivity contribution in [2.45, 2.75) is 25.4 Å². The Kier molecular flexibility index (Phi) is 1.81. The van der Waals surface area contributed by atoms with Crippen molar-refractivity contribution < 1.29 is 4.74 Å². The fraction of sp³-hybridized carbons (Fsp3) is 0.455. The monoisotopic (exact) mass is 177 g/mol. The molecule has 1 heterocycles. The predicted octanol–water partition coefficient (Wildman–Crippen LogP) is 1.90. The lowest BCUT2D eigenvalue weighted by atomic mass is 9.87. The maximum atomic E-state index is 5.82. The zero-order valence-corrected chi connectivity index (χ0v) is 8.08. The molecule has 0 saturated heterocycles. The highest BCUT2D eigenvalue weighted by Gasteiger charge is 2.39. The molecule has 1 aliphatic heterocycles. The maximum absolute atomic E-state index is 5.82. The second-order valence-corrected chi connectivity index (χ2v) is 4.03. The van der Waals surface area contributed by atoms with Gasteiger partial charge in [-0.25, -0.2) is 0 Å². The Bertz CT molecular complexity index is 320. The summed E-state index contributed by atoms with van der Waals surface area (Å²) in [6, 6.07) is 8.13. The number of ether oxygens (including phenoxy) is 1. The van der Waals surface area contributed by atoms with E-state index in [4.69, 9.17) is 10.5 Å². The van der Waals surface area contributed by atoms with Crippen LogP contribution in [0.25, 0.3) is 0 Å². The van der Waals surface area contributed by atoms with Gasteiger partial charge in [-0.05, 0) is 19.9 Å². The summed E-state index contributed by atoms with van der Waals surface area (Å²) in [7, 11) is 0. The van der Waals surface area contributed by atoms with Crippen molar-refractivity contribution in [3.63, 3.8) is 0 Å². The number of para-hydroxylation sites is 1. The van der Waals surface area contributed by atoms with Gasteiger partial charge < -0.3 is 10.5 Å². The average molecular weight is 177 g/mol. The molecule has 0 aliphatic carbocycles. The molecule has 2 rings (SSSR count). The highest BCUT2D eigenvalue weighted by Crippen LogP contribution is 2.43. The van der Waals surface area contributed by atoms with E-state index in [-0.39, 0.29) is 5.60 Å². The Hall–Kier alpha value is -1.02. The molecule has 1 atom stereocenters. The number of nitrogens with two attached hydrogens (primary N) is 1. The highest BCUT2D eigenvalue weighted by atomic mass is 16.5. The van der Waals surface area contributed by atoms with Crippen molar-refractivity contribution in [1.82, 2.24) is 0 Å². The summed E-state index contributed by atoms with van der Waals surface area (Å²) in [5.74, 6) is 1.31. The zero-order chi connectivity index (χ0) is 9.47. The van der Waals surface area contributed by atoms with Gasteiger partial charge in [0.1, 0.15) is 11.4 Å². The first-order chi connectivity index (χ1) is 6.15. The molecule has 1 aliphatic rings. The van der Waals surface area contributed by atoms with E-state index in [0.29, 0.717) is 12.5 Å². The van der Waals surface area contributed by atoms with E-state index in [0.717, 1.165) is 5.75 Å². The molecule has 2 N–H and O–H groups in total. The summed E-state index contributed by atoms with van der Waals surface area (Å²) in [6.45, 7) is 4.82. The Balaban J connectivity index is 2.46. The Morgan fingerprint density at radius 2 is 2.08 bits per heavy atom. The van der Waals surface area contributed by atoms with Gasteiger partial charge in [-0.1, -0.05) is 18.2 Å². The van der Waals surface area contributed by atoms with Crippen molar-refractivity contribution in [1.29, 1.82) is 0 Å². The molecule has 0 spiro atoms. The molecule has 70 valence electrons. The van der Waals surface area contributed by atoms with Crippen molar-refractivity contribution in [3.8, 4) is 5.75 Å². The van der Waals surface area contributed by atoms with E-state index in [9.17, 15) is 0 Å². The molecule has 1 aromatic rings. The standard InChI is InChI=1S/C11H15NO/c1-11(2)9(7-12)8-5-3-4-6-10(8)13-11/h3-6,9H,7,12H2,1-2H3. The van der Waals surface area contributed by atoms with E-state index in [1.54, 1.807) is 0 Å². The van der Waals surface area contributed by atoms with E-state index < -0.39 is 0 Å². The van der Waals surface area contributed by atoms with E-state index in [1.807, 2.05) is 18.2 Å². The molecule has 0 fully saturated rings. The molecule has 2 heteroatoms.